The Bertz CT molecular complexity index is 715. The lowest BCUT2D eigenvalue weighted by atomic mass is 9.87. The minimum Gasteiger partial charge on any atom is -0.490 e. The van der Waals surface area contributed by atoms with Crippen LogP contribution in [-0.4, -0.2) is 6.61 Å². The Balaban J connectivity index is 2.71. The molecule has 2 aromatic carbocycles. The molecule has 2 aromatic rings. The Hall–Kier alpha value is -1.96. The van der Waals surface area contributed by atoms with Crippen molar-refractivity contribution in [1.29, 1.82) is 0 Å². The molecule has 0 fully saturated rings. The second-order valence-corrected chi connectivity index (χ2v) is 8.46. The minimum absolute atomic E-state index is 0.378. The van der Waals surface area contributed by atoms with Crippen molar-refractivity contribution in [2.45, 2.75) is 67.2 Å². The van der Waals surface area contributed by atoms with E-state index < -0.39 is 0 Å². The molecule has 148 valence electrons. The molecular weight excluding hydrogens is 332 g/mol. The highest BCUT2D eigenvalue weighted by Crippen LogP contribution is 2.44. The van der Waals surface area contributed by atoms with Gasteiger partial charge in [0.05, 0.1) is 6.61 Å². The van der Waals surface area contributed by atoms with Crippen LogP contribution in [0.5, 0.6) is 17.2 Å². The van der Waals surface area contributed by atoms with Crippen molar-refractivity contribution in [2.24, 2.45) is 11.8 Å². The van der Waals surface area contributed by atoms with Crippen LogP contribution in [0.4, 0.5) is 0 Å². The Labute approximate surface area is 165 Å². The van der Waals surface area contributed by atoms with Crippen LogP contribution in [0.1, 0.15) is 71.1 Å². The third kappa shape index (κ3) is 5.76. The molecule has 0 N–H and O–H groups in total. The van der Waals surface area contributed by atoms with E-state index in [0.29, 0.717) is 24.4 Å². The van der Waals surface area contributed by atoms with Crippen LogP contribution < -0.4 is 9.47 Å². The van der Waals surface area contributed by atoms with Gasteiger partial charge in [0.1, 0.15) is 5.75 Å². The largest absolute Gasteiger partial charge is 0.490 e. The predicted molar refractivity (Wildman–Crippen MR) is 115 cm³/mol. The molecule has 2 nitrogen and oxygen atoms in total. The topological polar surface area (TPSA) is 18.5 Å². The maximum absolute atomic E-state index is 6.48. The SMILES string of the molecule is CCOc1c(C(C)C)cc(CC(C)C)c(CC(C)C)c1Oc1ccccc1. The fourth-order valence-electron chi connectivity index (χ4n) is 3.44. The Morgan fingerprint density at radius 2 is 1.44 bits per heavy atom. The monoisotopic (exact) mass is 368 g/mol. The maximum Gasteiger partial charge on any atom is 0.173 e. The third-order valence-corrected chi connectivity index (χ3v) is 4.57. The lowest BCUT2D eigenvalue weighted by Crippen LogP contribution is -2.10. The standard InChI is InChI=1S/C25H36O2/c1-8-26-24-22(19(6)7)16-20(14-17(2)3)23(15-18(4)5)25(24)27-21-12-10-9-11-13-21/h9-13,16-19H,8,14-15H2,1-7H3. The van der Waals surface area contributed by atoms with E-state index in [4.69, 9.17) is 9.47 Å². The zero-order chi connectivity index (χ0) is 20.0. The van der Waals surface area contributed by atoms with Crippen LogP contribution in [0, 0.1) is 11.8 Å². The summed E-state index contributed by atoms with van der Waals surface area (Å²) in [5, 5.41) is 0. The van der Waals surface area contributed by atoms with E-state index in [9.17, 15) is 0 Å². The lowest BCUT2D eigenvalue weighted by molar-refractivity contribution is 0.314. The van der Waals surface area contributed by atoms with Crippen molar-refractivity contribution in [3.63, 3.8) is 0 Å². The van der Waals surface area contributed by atoms with Gasteiger partial charge in [-0.1, -0.05) is 65.8 Å². The van der Waals surface area contributed by atoms with Crippen molar-refractivity contribution >= 4 is 0 Å². The first kappa shape index (κ1) is 21.3. The number of hydrogen-bond acceptors (Lipinski definition) is 2. The molecule has 0 atom stereocenters. The number of benzene rings is 2. The molecule has 27 heavy (non-hydrogen) atoms. The van der Waals surface area contributed by atoms with E-state index in [-0.39, 0.29) is 0 Å². The molecule has 0 amide bonds. The summed E-state index contributed by atoms with van der Waals surface area (Å²) in [5.74, 6) is 4.22. The molecule has 0 aliphatic rings. The molecule has 2 heteroatoms. The van der Waals surface area contributed by atoms with Gasteiger partial charge >= 0.3 is 0 Å². The van der Waals surface area contributed by atoms with Crippen LogP contribution in [0.2, 0.25) is 0 Å². The first-order chi connectivity index (χ1) is 12.8. The zero-order valence-electron chi connectivity index (χ0n) is 18.1. The normalized spacial score (nSPS) is 11.5. The molecule has 0 aliphatic heterocycles. The van der Waals surface area contributed by atoms with Gasteiger partial charge in [-0.3, -0.25) is 0 Å². The maximum atomic E-state index is 6.48. The molecule has 0 aliphatic carbocycles. The van der Waals surface area contributed by atoms with Crippen LogP contribution in [0.15, 0.2) is 36.4 Å². The molecule has 0 heterocycles. The number of para-hydroxylation sites is 1. The Morgan fingerprint density at radius 1 is 0.815 bits per heavy atom. The van der Waals surface area contributed by atoms with Gasteiger partial charge in [0.15, 0.2) is 11.5 Å². The summed E-state index contributed by atoms with van der Waals surface area (Å²) < 4.78 is 12.6. The molecule has 0 saturated carbocycles. The van der Waals surface area contributed by atoms with Crippen LogP contribution >= 0.6 is 0 Å². The molecule has 0 aromatic heterocycles. The molecule has 0 radical (unpaired) electrons. The smallest absolute Gasteiger partial charge is 0.173 e. The molecular formula is C25H36O2. The van der Waals surface area contributed by atoms with Gasteiger partial charge in [-0.2, -0.15) is 0 Å². The van der Waals surface area contributed by atoms with E-state index in [1.54, 1.807) is 0 Å². The van der Waals surface area contributed by atoms with Gasteiger partial charge in [-0.15, -0.1) is 0 Å². The van der Waals surface area contributed by atoms with Gasteiger partial charge in [-0.05, 0) is 55.2 Å². The first-order valence-corrected chi connectivity index (χ1v) is 10.4. The summed E-state index contributed by atoms with van der Waals surface area (Å²) in [6, 6.07) is 12.4. The first-order valence-electron chi connectivity index (χ1n) is 10.4. The summed E-state index contributed by atoms with van der Waals surface area (Å²) in [6.45, 7) is 16.2. The number of ether oxygens (including phenoxy) is 2. The van der Waals surface area contributed by atoms with Gasteiger partial charge in [0.25, 0.3) is 0 Å². The minimum atomic E-state index is 0.378. The lowest BCUT2D eigenvalue weighted by Gasteiger charge is -2.25. The van der Waals surface area contributed by atoms with Gasteiger partial charge < -0.3 is 9.47 Å². The van der Waals surface area contributed by atoms with Crippen LogP contribution in [0.3, 0.4) is 0 Å². The van der Waals surface area contributed by atoms with E-state index >= 15 is 0 Å². The zero-order valence-corrected chi connectivity index (χ0v) is 18.1. The second-order valence-electron chi connectivity index (χ2n) is 8.46. The Kier molecular flexibility index (Phi) is 7.77. The summed E-state index contributed by atoms with van der Waals surface area (Å²) in [5.41, 5.74) is 3.94. The highest BCUT2D eigenvalue weighted by Gasteiger charge is 2.23. The third-order valence-electron chi connectivity index (χ3n) is 4.57. The van der Waals surface area contributed by atoms with Gasteiger partial charge in [0, 0.05) is 11.1 Å². The molecule has 0 bridgehead atoms. The number of hydrogen-bond donors (Lipinski definition) is 0. The van der Waals surface area contributed by atoms with E-state index in [2.05, 4.69) is 47.6 Å². The second kappa shape index (κ2) is 9.82. The predicted octanol–water partition coefficient (Wildman–Crippen LogP) is 7.40. The van der Waals surface area contributed by atoms with Crippen LogP contribution in [-0.2, 0) is 12.8 Å². The summed E-state index contributed by atoms with van der Waals surface area (Å²) in [7, 11) is 0. The van der Waals surface area contributed by atoms with Crippen LogP contribution in [0.25, 0.3) is 0 Å². The van der Waals surface area contributed by atoms with Crippen molar-refractivity contribution in [3.05, 3.63) is 53.1 Å². The summed E-state index contributed by atoms with van der Waals surface area (Å²) in [6.07, 6.45) is 2.04. The Morgan fingerprint density at radius 3 is 1.96 bits per heavy atom. The highest BCUT2D eigenvalue weighted by molar-refractivity contribution is 5.58. The highest BCUT2D eigenvalue weighted by atomic mass is 16.5. The van der Waals surface area contributed by atoms with Crippen molar-refractivity contribution in [3.8, 4) is 17.2 Å². The molecule has 2 rings (SSSR count). The van der Waals surface area contributed by atoms with E-state index in [1.165, 1.54) is 16.7 Å². The molecule has 0 unspecified atom stereocenters. The van der Waals surface area contributed by atoms with E-state index in [1.807, 2.05) is 37.3 Å². The summed E-state index contributed by atoms with van der Waals surface area (Å²) >= 11 is 0. The fraction of sp³-hybridized carbons (Fsp3) is 0.520. The molecule has 0 saturated heterocycles. The summed E-state index contributed by atoms with van der Waals surface area (Å²) in [4.78, 5) is 0. The van der Waals surface area contributed by atoms with Gasteiger partial charge in [-0.25, -0.2) is 0 Å². The fourth-order valence-corrected chi connectivity index (χ4v) is 3.44. The quantitative estimate of drug-likeness (QED) is 0.459. The van der Waals surface area contributed by atoms with Crippen molar-refractivity contribution < 1.29 is 9.47 Å². The average molecular weight is 369 g/mol. The average Bonchev–Trinajstić information content (AvgIpc) is 2.59. The van der Waals surface area contributed by atoms with Crippen molar-refractivity contribution in [1.82, 2.24) is 0 Å². The van der Waals surface area contributed by atoms with Crippen molar-refractivity contribution in [2.75, 3.05) is 6.61 Å². The molecule has 0 spiro atoms. The van der Waals surface area contributed by atoms with E-state index in [0.717, 1.165) is 30.1 Å². The number of rotatable bonds is 9. The van der Waals surface area contributed by atoms with Gasteiger partial charge in [0.2, 0.25) is 0 Å².